The van der Waals surface area contributed by atoms with Crippen molar-refractivity contribution in [1.29, 1.82) is 0 Å². The van der Waals surface area contributed by atoms with Gasteiger partial charge in [-0.3, -0.25) is 4.90 Å². The van der Waals surface area contributed by atoms with Crippen LogP contribution in [0, 0.1) is 0 Å². The molecule has 26 heavy (non-hydrogen) atoms. The second-order valence-corrected chi connectivity index (χ2v) is 8.20. The van der Waals surface area contributed by atoms with Gasteiger partial charge < -0.3 is 9.52 Å². The van der Waals surface area contributed by atoms with E-state index in [-0.39, 0.29) is 0 Å². The molecule has 5 rings (SSSR count). The van der Waals surface area contributed by atoms with Crippen LogP contribution < -0.4 is 0 Å². The van der Waals surface area contributed by atoms with Gasteiger partial charge >= 0.3 is 0 Å². The molecule has 0 spiro atoms. The van der Waals surface area contributed by atoms with Crippen LogP contribution in [0.2, 0.25) is 5.02 Å². The number of fused-ring (bicyclic) bond motifs is 3. The Bertz CT molecular complexity index is 919. The molecule has 3 nitrogen and oxygen atoms in total. The molecular formula is C22H22ClNO2. The molecule has 0 saturated carbocycles. The van der Waals surface area contributed by atoms with Crippen LogP contribution >= 0.6 is 11.6 Å². The number of furan rings is 1. The molecule has 2 aromatic carbocycles. The van der Waals surface area contributed by atoms with Gasteiger partial charge in [-0.25, -0.2) is 0 Å². The summed E-state index contributed by atoms with van der Waals surface area (Å²) in [6.07, 6.45) is 5.75. The SMILES string of the molecule is OC1(c2ccc(Cl)cc2)CC2CCC(C1)N2Cc1coc2ccccc12. The summed E-state index contributed by atoms with van der Waals surface area (Å²) in [5.41, 5.74) is 2.44. The van der Waals surface area contributed by atoms with Crippen molar-refractivity contribution < 1.29 is 9.52 Å². The van der Waals surface area contributed by atoms with E-state index in [0.29, 0.717) is 17.1 Å². The highest BCUT2D eigenvalue weighted by atomic mass is 35.5. The minimum absolute atomic E-state index is 0.406. The Labute approximate surface area is 158 Å². The first-order valence-electron chi connectivity index (χ1n) is 9.32. The van der Waals surface area contributed by atoms with Crippen LogP contribution in [0.25, 0.3) is 11.0 Å². The van der Waals surface area contributed by atoms with Crippen molar-refractivity contribution in [3.63, 3.8) is 0 Å². The van der Waals surface area contributed by atoms with Crippen LogP contribution in [0.15, 0.2) is 59.2 Å². The van der Waals surface area contributed by atoms with Crippen molar-refractivity contribution in [3.05, 3.63) is 70.9 Å². The van der Waals surface area contributed by atoms with Gasteiger partial charge in [-0.05, 0) is 49.4 Å². The zero-order valence-electron chi connectivity index (χ0n) is 14.6. The first-order valence-corrected chi connectivity index (χ1v) is 9.69. The minimum Gasteiger partial charge on any atom is -0.464 e. The molecule has 2 atom stereocenters. The van der Waals surface area contributed by atoms with Crippen molar-refractivity contribution in [2.24, 2.45) is 0 Å². The predicted molar refractivity (Wildman–Crippen MR) is 103 cm³/mol. The normalized spacial score (nSPS) is 28.7. The summed E-state index contributed by atoms with van der Waals surface area (Å²) in [7, 11) is 0. The minimum atomic E-state index is -0.745. The first kappa shape index (κ1) is 16.4. The van der Waals surface area contributed by atoms with Crippen LogP contribution in [0.4, 0.5) is 0 Å². The molecular weight excluding hydrogens is 346 g/mol. The van der Waals surface area contributed by atoms with Crippen molar-refractivity contribution in [2.45, 2.75) is 49.9 Å². The van der Waals surface area contributed by atoms with Crippen LogP contribution in [0.5, 0.6) is 0 Å². The highest BCUT2D eigenvalue weighted by Crippen LogP contribution is 2.46. The van der Waals surface area contributed by atoms with E-state index in [4.69, 9.17) is 16.0 Å². The lowest BCUT2D eigenvalue weighted by Crippen LogP contribution is -2.49. The van der Waals surface area contributed by atoms with Crippen molar-refractivity contribution >= 4 is 22.6 Å². The number of benzene rings is 2. The van der Waals surface area contributed by atoms with Gasteiger partial charge in [0.1, 0.15) is 5.58 Å². The van der Waals surface area contributed by atoms with Gasteiger partial charge in [0.15, 0.2) is 0 Å². The molecule has 3 heterocycles. The van der Waals surface area contributed by atoms with Gasteiger partial charge in [-0.1, -0.05) is 41.9 Å². The summed E-state index contributed by atoms with van der Waals surface area (Å²) in [5.74, 6) is 0. The zero-order chi connectivity index (χ0) is 17.7. The van der Waals surface area contributed by atoms with E-state index in [2.05, 4.69) is 17.0 Å². The summed E-state index contributed by atoms with van der Waals surface area (Å²) in [4.78, 5) is 2.57. The summed E-state index contributed by atoms with van der Waals surface area (Å²) < 4.78 is 5.71. The molecule has 2 aliphatic heterocycles. The zero-order valence-corrected chi connectivity index (χ0v) is 15.3. The van der Waals surface area contributed by atoms with Gasteiger partial charge in [0, 0.05) is 34.6 Å². The fourth-order valence-electron chi connectivity index (χ4n) is 4.92. The molecule has 2 bridgehead atoms. The maximum Gasteiger partial charge on any atom is 0.134 e. The van der Waals surface area contributed by atoms with E-state index in [1.165, 1.54) is 10.9 Å². The predicted octanol–water partition coefficient (Wildman–Crippen LogP) is 5.10. The standard InChI is InChI=1S/C22H22ClNO2/c23-17-7-5-16(6-8-17)22(25)11-18-9-10-19(12-22)24(18)13-15-14-26-21-4-2-1-3-20(15)21/h1-8,14,18-19,25H,9-13H2. The monoisotopic (exact) mass is 367 g/mol. The van der Waals surface area contributed by atoms with E-state index in [9.17, 15) is 5.11 Å². The third kappa shape index (κ3) is 2.66. The van der Waals surface area contributed by atoms with Crippen LogP contribution in [0.3, 0.4) is 0 Å². The summed E-state index contributed by atoms with van der Waals surface area (Å²) >= 11 is 6.02. The van der Waals surface area contributed by atoms with Crippen LogP contribution in [-0.2, 0) is 12.1 Å². The molecule has 2 aliphatic rings. The van der Waals surface area contributed by atoms with E-state index in [1.807, 2.05) is 42.7 Å². The van der Waals surface area contributed by atoms with E-state index in [0.717, 1.165) is 43.4 Å². The number of rotatable bonds is 3. The lowest BCUT2D eigenvalue weighted by molar-refractivity contribution is -0.0594. The second-order valence-electron chi connectivity index (χ2n) is 7.76. The lowest BCUT2D eigenvalue weighted by Gasteiger charge is -2.44. The Morgan fingerprint density at radius 1 is 1.04 bits per heavy atom. The fourth-order valence-corrected chi connectivity index (χ4v) is 5.05. The average Bonchev–Trinajstić information content (AvgIpc) is 3.16. The molecule has 2 fully saturated rings. The smallest absolute Gasteiger partial charge is 0.134 e. The van der Waals surface area contributed by atoms with Crippen molar-refractivity contribution in [2.75, 3.05) is 0 Å². The van der Waals surface area contributed by atoms with E-state index in [1.54, 1.807) is 0 Å². The molecule has 2 saturated heterocycles. The third-order valence-corrected chi connectivity index (χ3v) is 6.47. The molecule has 1 N–H and O–H groups in total. The average molecular weight is 368 g/mol. The van der Waals surface area contributed by atoms with Gasteiger partial charge in [0.25, 0.3) is 0 Å². The highest BCUT2D eigenvalue weighted by Gasteiger charge is 2.48. The number of piperidine rings is 1. The van der Waals surface area contributed by atoms with E-state index >= 15 is 0 Å². The van der Waals surface area contributed by atoms with Crippen LogP contribution in [-0.4, -0.2) is 22.1 Å². The fraction of sp³-hybridized carbons (Fsp3) is 0.364. The molecule has 0 radical (unpaired) electrons. The quantitative estimate of drug-likeness (QED) is 0.699. The molecule has 1 aromatic heterocycles. The lowest BCUT2D eigenvalue weighted by atomic mass is 9.80. The Morgan fingerprint density at radius 2 is 1.73 bits per heavy atom. The number of halogens is 1. The van der Waals surface area contributed by atoms with Gasteiger partial charge in [-0.15, -0.1) is 0 Å². The Hall–Kier alpha value is -1.81. The molecule has 4 heteroatoms. The molecule has 3 aromatic rings. The molecule has 0 amide bonds. The molecule has 134 valence electrons. The number of para-hydroxylation sites is 1. The number of hydrogen-bond acceptors (Lipinski definition) is 3. The maximum atomic E-state index is 11.3. The van der Waals surface area contributed by atoms with Gasteiger partial charge in [0.05, 0.1) is 11.9 Å². The van der Waals surface area contributed by atoms with Crippen molar-refractivity contribution in [1.82, 2.24) is 4.90 Å². The maximum absolute atomic E-state index is 11.3. The first-order chi connectivity index (χ1) is 12.6. The third-order valence-electron chi connectivity index (χ3n) is 6.21. The summed E-state index contributed by atoms with van der Waals surface area (Å²) in [6, 6.07) is 16.7. The number of nitrogens with zero attached hydrogens (tertiary/aromatic N) is 1. The largest absolute Gasteiger partial charge is 0.464 e. The van der Waals surface area contributed by atoms with Crippen LogP contribution in [0.1, 0.15) is 36.8 Å². The number of hydrogen-bond donors (Lipinski definition) is 1. The Kier molecular flexibility index (Phi) is 3.85. The highest BCUT2D eigenvalue weighted by molar-refractivity contribution is 6.30. The molecule has 2 unspecified atom stereocenters. The van der Waals surface area contributed by atoms with Crippen molar-refractivity contribution in [3.8, 4) is 0 Å². The summed E-state index contributed by atoms with van der Waals surface area (Å²) in [6.45, 7) is 0.892. The Balaban J connectivity index is 1.40. The van der Waals surface area contributed by atoms with Gasteiger partial charge in [0.2, 0.25) is 0 Å². The molecule has 0 aliphatic carbocycles. The van der Waals surface area contributed by atoms with E-state index < -0.39 is 5.60 Å². The van der Waals surface area contributed by atoms with Gasteiger partial charge in [-0.2, -0.15) is 0 Å². The summed E-state index contributed by atoms with van der Waals surface area (Å²) in [5, 5.41) is 13.3. The Morgan fingerprint density at radius 3 is 2.46 bits per heavy atom. The topological polar surface area (TPSA) is 36.6 Å². The second kappa shape index (κ2) is 6.12. The number of aliphatic hydroxyl groups is 1.